The molecular formula is C17H22FN3O2. The Morgan fingerprint density at radius 1 is 1.43 bits per heavy atom. The van der Waals surface area contributed by atoms with Crippen molar-refractivity contribution in [2.45, 2.75) is 31.2 Å². The number of nitrogens with one attached hydrogen (secondary N) is 1. The summed E-state index contributed by atoms with van der Waals surface area (Å²) in [5.74, 6) is -0.355. The second-order valence-corrected chi connectivity index (χ2v) is 5.97. The lowest BCUT2D eigenvalue weighted by molar-refractivity contribution is -0.123. The van der Waals surface area contributed by atoms with Crippen LogP contribution in [-0.4, -0.2) is 43.1 Å². The van der Waals surface area contributed by atoms with Gasteiger partial charge in [-0.15, -0.1) is 0 Å². The number of hydrogen-bond acceptors (Lipinski definition) is 4. The molecule has 0 aliphatic heterocycles. The van der Waals surface area contributed by atoms with Crippen molar-refractivity contribution in [1.82, 2.24) is 10.2 Å². The maximum absolute atomic E-state index is 13.4. The Hall–Kier alpha value is -2.13. The van der Waals surface area contributed by atoms with E-state index in [4.69, 9.17) is 4.74 Å². The molecule has 0 spiro atoms. The summed E-state index contributed by atoms with van der Waals surface area (Å²) in [5.41, 5.74) is -0.693. The first kappa shape index (κ1) is 17.2. The van der Waals surface area contributed by atoms with Crippen molar-refractivity contribution in [1.29, 1.82) is 5.26 Å². The third-order valence-corrected chi connectivity index (χ3v) is 4.03. The Kier molecular flexibility index (Phi) is 5.94. The van der Waals surface area contributed by atoms with E-state index in [0.717, 1.165) is 25.7 Å². The molecule has 124 valence electrons. The number of rotatable bonds is 7. The predicted octanol–water partition coefficient (Wildman–Crippen LogP) is 2.09. The fraction of sp³-hybridized carbons (Fsp3) is 0.529. The topological polar surface area (TPSA) is 65.4 Å². The second-order valence-electron chi connectivity index (χ2n) is 5.97. The van der Waals surface area contributed by atoms with Gasteiger partial charge >= 0.3 is 0 Å². The van der Waals surface area contributed by atoms with Crippen LogP contribution in [0.5, 0.6) is 5.75 Å². The molecule has 1 aliphatic carbocycles. The van der Waals surface area contributed by atoms with Crippen molar-refractivity contribution < 1.29 is 13.9 Å². The lowest BCUT2D eigenvalue weighted by Crippen LogP contribution is -2.48. The minimum Gasteiger partial charge on any atom is -0.489 e. The molecule has 0 atom stereocenters. The number of likely N-dealkylation sites (N-methyl/N-ethyl adjacent to an activating group) is 1. The number of halogens is 1. The SMILES string of the molecule is CN(CCOc1ccccc1F)CC(=O)NC1(C#N)CCCC1. The largest absolute Gasteiger partial charge is 0.489 e. The lowest BCUT2D eigenvalue weighted by Gasteiger charge is -2.24. The summed E-state index contributed by atoms with van der Waals surface area (Å²) in [6.45, 7) is 0.958. The van der Waals surface area contributed by atoms with Crippen LogP contribution in [0.25, 0.3) is 0 Å². The first-order valence-electron chi connectivity index (χ1n) is 7.83. The summed E-state index contributed by atoms with van der Waals surface area (Å²) in [6, 6.07) is 8.46. The summed E-state index contributed by atoms with van der Waals surface area (Å²) in [6.07, 6.45) is 3.38. The van der Waals surface area contributed by atoms with Gasteiger partial charge in [-0.05, 0) is 44.9 Å². The Bertz CT molecular complexity index is 579. The van der Waals surface area contributed by atoms with Crippen LogP contribution in [0, 0.1) is 17.1 Å². The Labute approximate surface area is 136 Å². The van der Waals surface area contributed by atoms with E-state index in [2.05, 4.69) is 11.4 Å². The van der Waals surface area contributed by atoms with Gasteiger partial charge in [0.1, 0.15) is 12.1 Å². The van der Waals surface area contributed by atoms with E-state index in [1.54, 1.807) is 30.1 Å². The molecule has 0 radical (unpaired) electrons. The number of para-hydroxylation sites is 1. The van der Waals surface area contributed by atoms with Gasteiger partial charge in [-0.25, -0.2) is 4.39 Å². The number of nitriles is 1. The van der Waals surface area contributed by atoms with Crippen molar-refractivity contribution in [3.05, 3.63) is 30.1 Å². The van der Waals surface area contributed by atoms with Crippen LogP contribution in [0.15, 0.2) is 24.3 Å². The molecule has 0 unspecified atom stereocenters. The highest BCUT2D eigenvalue weighted by Crippen LogP contribution is 2.28. The van der Waals surface area contributed by atoms with Crippen LogP contribution in [0.3, 0.4) is 0 Å². The maximum atomic E-state index is 13.4. The van der Waals surface area contributed by atoms with Crippen LogP contribution in [0.4, 0.5) is 4.39 Å². The van der Waals surface area contributed by atoms with Crippen molar-refractivity contribution in [3.63, 3.8) is 0 Å². The molecule has 1 amide bonds. The molecule has 1 saturated carbocycles. The van der Waals surface area contributed by atoms with Gasteiger partial charge in [-0.1, -0.05) is 12.1 Å². The van der Waals surface area contributed by atoms with Gasteiger partial charge < -0.3 is 10.1 Å². The van der Waals surface area contributed by atoms with Crippen molar-refractivity contribution in [3.8, 4) is 11.8 Å². The normalized spacial score (nSPS) is 16.1. The zero-order valence-electron chi connectivity index (χ0n) is 13.3. The van der Waals surface area contributed by atoms with Crippen molar-refractivity contribution >= 4 is 5.91 Å². The van der Waals surface area contributed by atoms with Crippen molar-refractivity contribution in [2.75, 3.05) is 26.7 Å². The maximum Gasteiger partial charge on any atom is 0.235 e. The smallest absolute Gasteiger partial charge is 0.235 e. The van der Waals surface area contributed by atoms with E-state index >= 15 is 0 Å². The quantitative estimate of drug-likeness (QED) is 0.836. The number of carbonyl (C=O) groups is 1. The molecule has 23 heavy (non-hydrogen) atoms. The molecule has 1 N–H and O–H groups in total. The van der Waals surface area contributed by atoms with Crippen molar-refractivity contribution in [2.24, 2.45) is 0 Å². The second kappa shape index (κ2) is 7.93. The minimum absolute atomic E-state index is 0.165. The van der Waals surface area contributed by atoms with E-state index in [1.165, 1.54) is 6.07 Å². The molecule has 2 rings (SSSR count). The minimum atomic E-state index is -0.693. The zero-order chi connectivity index (χ0) is 16.7. The first-order chi connectivity index (χ1) is 11.0. The van der Waals surface area contributed by atoms with Crippen LogP contribution in [0.2, 0.25) is 0 Å². The van der Waals surface area contributed by atoms with Crippen LogP contribution < -0.4 is 10.1 Å². The average Bonchev–Trinajstić information content (AvgIpc) is 2.98. The average molecular weight is 319 g/mol. The number of carbonyl (C=O) groups excluding carboxylic acids is 1. The Morgan fingerprint density at radius 2 is 2.13 bits per heavy atom. The van der Waals surface area contributed by atoms with E-state index < -0.39 is 11.4 Å². The van der Waals surface area contributed by atoms with Gasteiger partial charge in [0, 0.05) is 6.54 Å². The summed E-state index contributed by atoms with van der Waals surface area (Å²) in [5, 5.41) is 12.1. The zero-order valence-corrected chi connectivity index (χ0v) is 13.3. The van der Waals surface area contributed by atoms with Crippen LogP contribution >= 0.6 is 0 Å². The molecule has 6 heteroatoms. The Balaban J connectivity index is 1.72. The monoisotopic (exact) mass is 319 g/mol. The fourth-order valence-corrected chi connectivity index (χ4v) is 2.75. The summed E-state index contributed by atoms with van der Waals surface area (Å²) >= 11 is 0. The number of amides is 1. The highest BCUT2D eigenvalue weighted by atomic mass is 19.1. The summed E-state index contributed by atoms with van der Waals surface area (Å²) < 4.78 is 18.8. The van der Waals surface area contributed by atoms with Gasteiger partial charge in [-0.2, -0.15) is 5.26 Å². The molecule has 1 aliphatic rings. The highest BCUT2D eigenvalue weighted by Gasteiger charge is 2.35. The molecule has 0 heterocycles. The molecule has 0 aromatic heterocycles. The van der Waals surface area contributed by atoms with E-state index in [0.29, 0.717) is 6.54 Å². The summed E-state index contributed by atoms with van der Waals surface area (Å²) in [7, 11) is 1.79. The summed E-state index contributed by atoms with van der Waals surface area (Å²) in [4.78, 5) is 13.8. The highest BCUT2D eigenvalue weighted by molar-refractivity contribution is 5.79. The molecule has 0 saturated heterocycles. The van der Waals surface area contributed by atoms with Gasteiger partial charge in [0.2, 0.25) is 5.91 Å². The van der Waals surface area contributed by atoms with E-state index in [1.807, 2.05) is 0 Å². The van der Waals surface area contributed by atoms with Gasteiger partial charge in [0.15, 0.2) is 11.6 Å². The first-order valence-corrected chi connectivity index (χ1v) is 7.83. The molecular weight excluding hydrogens is 297 g/mol. The van der Waals surface area contributed by atoms with Crippen LogP contribution in [-0.2, 0) is 4.79 Å². The van der Waals surface area contributed by atoms with Gasteiger partial charge in [-0.3, -0.25) is 9.69 Å². The molecule has 0 bridgehead atoms. The lowest BCUT2D eigenvalue weighted by atomic mass is 10.00. The predicted molar refractivity (Wildman–Crippen MR) is 84.3 cm³/mol. The molecule has 5 nitrogen and oxygen atoms in total. The fourth-order valence-electron chi connectivity index (χ4n) is 2.75. The molecule has 1 aromatic rings. The standard InChI is InChI=1S/C17H22FN3O2/c1-21(10-11-23-15-7-3-2-6-14(15)18)12-16(22)20-17(13-19)8-4-5-9-17/h2-3,6-7H,4-5,8-12H2,1H3,(H,20,22). The third-order valence-electron chi connectivity index (χ3n) is 4.03. The number of hydrogen-bond donors (Lipinski definition) is 1. The molecule has 1 fully saturated rings. The van der Waals surface area contributed by atoms with Gasteiger partial charge in [0.05, 0.1) is 12.6 Å². The third kappa shape index (κ3) is 4.93. The van der Waals surface area contributed by atoms with Crippen LogP contribution in [0.1, 0.15) is 25.7 Å². The number of benzene rings is 1. The van der Waals surface area contributed by atoms with E-state index in [-0.39, 0.29) is 24.8 Å². The number of nitrogens with zero attached hydrogens (tertiary/aromatic N) is 2. The Morgan fingerprint density at radius 3 is 2.78 bits per heavy atom. The van der Waals surface area contributed by atoms with E-state index in [9.17, 15) is 14.4 Å². The number of ether oxygens (including phenoxy) is 1. The molecule has 1 aromatic carbocycles. The van der Waals surface area contributed by atoms with Gasteiger partial charge in [0.25, 0.3) is 0 Å².